The summed E-state index contributed by atoms with van der Waals surface area (Å²) < 4.78 is 0. The first-order chi connectivity index (χ1) is 6.65. The summed E-state index contributed by atoms with van der Waals surface area (Å²) >= 11 is 0. The van der Waals surface area contributed by atoms with Crippen LogP contribution in [0.5, 0.6) is 0 Å². The molecular formula is C10H18N2O2. The fraction of sp³-hybridized carbons (Fsp3) is 0.900. The number of amides is 1. The highest BCUT2D eigenvalue weighted by Gasteiger charge is 2.49. The third kappa shape index (κ3) is 1.64. The van der Waals surface area contributed by atoms with Crippen LogP contribution in [-0.2, 0) is 9.63 Å². The molecular weight excluding hydrogens is 180 g/mol. The van der Waals surface area contributed by atoms with Gasteiger partial charge < -0.3 is 5.73 Å². The van der Waals surface area contributed by atoms with Crippen molar-refractivity contribution in [3.05, 3.63) is 0 Å². The average Bonchev–Trinajstić information content (AvgIpc) is 2.43. The number of nitrogens with zero attached hydrogens (tertiary/aromatic N) is 1. The second-order valence-electron chi connectivity index (χ2n) is 4.60. The van der Waals surface area contributed by atoms with E-state index in [0.29, 0.717) is 25.4 Å². The van der Waals surface area contributed by atoms with Gasteiger partial charge in [-0.3, -0.25) is 9.63 Å². The number of hydroxylamine groups is 2. The van der Waals surface area contributed by atoms with Crippen molar-refractivity contribution in [1.82, 2.24) is 5.06 Å². The smallest absolute Gasteiger partial charge is 0.249 e. The number of hydrogen-bond acceptors (Lipinski definition) is 3. The molecule has 1 atom stereocenters. The normalized spacial score (nSPS) is 26.7. The molecule has 2 rings (SSSR count). The zero-order chi connectivity index (χ0) is 10.2. The van der Waals surface area contributed by atoms with E-state index in [4.69, 9.17) is 10.6 Å². The molecule has 1 amide bonds. The predicted molar refractivity (Wildman–Crippen MR) is 52.2 cm³/mol. The third-order valence-corrected chi connectivity index (χ3v) is 3.20. The molecule has 4 nitrogen and oxygen atoms in total. The van der Waals surface area contributed by atoms with Crippen LogP contribution in [0.15, 0.2) is 0 Å². The number of rotatable bonds is 3. The van der Waals surface area contributed by atoms with Crippen LogP contribution in [0.2, 0.25) is 0 Å². The minimum Gasteiger partial charge on any atom is -0.330 e. The molecule has 1 aliphatic heterocycles. The van der Waals surface area contributed by atoms with E-state index in [-0.39, 0.29) is 11.5 Å². The maximum absolute atomic E-state index is 11.6. The molecule has 1 saturated heterocycles. The summed E-state index contributed by atoms with van der Waals surface area (Å²) in [7, 11) is 0. The Balaban J connectivity index is 1.91. The Bertz CT molecular complexity index is 238. The first-order valence-electron chi connectivity index (χ1n) is 5.35. The largest absolute Gasteiger partial charge is 0.330 e. The number of hydrogen-bond donors (Lipinski definition) is 1. The first-order valence-corrected chi connectivity index (χ1v) is 5.35. The van der Waals surface area contributed by atoms with Gasteiger partial charge in [0.25, 0.3) is 0 Å². The molecule has 2 aliphatic rings. The molecule has 0 aromatic carbocycles. The van der Waals surface area contributed by atoms with Crippen LogP contribution < -0.4 is 5.73 Å². The Hall–Kier alpha value is -0.610. The van der Waals surface area contributed by atoms with Gasteiger partial charge in [0.15, 0.2) is 0 Å². The van der Waals surface area contributed by atoms with Crippen LogP contribution in [0.3, 0.4) is 0 Å². The van der Waals surface area contributed by atoms with E-state index in [0.717, 1.165) is 12.8 Å². The summed E-state index contributed by atoms with van der Waals surface area (Å²) in [5, 5.41) is 1.52. The van der Waals surface area contributed by atoms with Gasteiger partial charge in [-0.2, -0.15) is 0 Å². The minimum atomic E-state index is -0.120. The van der Waals surface area contributed by atoms with E-state index < -0.39 is 0 Å². The molecule has 1 heterocycles. The molecule has 2 fully saturated rings. The summed E-state index contributed by atoms with van der Waals surface area (Å²) in [5.41, 5.74) is 5.40. The lowest BCUT2D eigenvalue weighted by molar-refractivity contribution is -0.222. The quantitative estimate of drug-likeness (QED) is 0.725. The Labute approximate surface area is 84.3 Å². The van der Waals surface area contributed by atoms with Crippen LogP contribution in [0.1, 0.15) is 32.6 Å². The van der Waals surface area contributed by atoms with Crippen molar-refractivity contribution in [1.29, 1.82) is 0 Å². The van der Waals surface area contributed by atoms with E-state index in [1.807, 2.05) is 6.92 Å². The molecule has 0 aromatic heterocycles. The van der Waals surface area contributed by atoms with Crippen LogP contribution in [0.25, 0.3) is 0 Å². The number of carbonyl (C=O) groups is 1. The lowest BCUT2D eigenvalue weighted by atomic mass is 9.78. The standard InChI is InChI=1S/C10H18N2O2/c1-8(6-11)7-12-9(13)5-10(14-12)3-2-4-10/h8H,2-7,11H2,1H3. The van der Waals surface area contributed by atoms with Crippen molar-refractivity contribution in [2.24, 2.45) is 11.7 Å². The van der Waals surface area contributed by atoms with Gasteiger partial charge in [0, 0.05) is 0 Å². The second-order valence-corrected chi connectivity index (χ2v) is 4.60. The van der Waals surface area contributed by atoms with Crippen molar-refractivity contribution in [3.63, 3.8) is 0 Å². The fourth-order valence-electron chi connectivity index (χ4n) is 2.02. The highest BCUT2D eigenvalue weighted by Crippen LogP contribution is 2.43. The van der Waals surface area contributed by atoms with Crippen LogP contribution in [-0.4, -0.2) is 29.7 Å². The van der Waals surface area contributed by atoms with Gasteiger partial charge >= 0.3 is 0 Å². The van der Waals surface area contributed by atoms with Gasteiger partial charge in [-0.05, 0) is 31.7 Å². The zero-order valence-corrected chi connectivity index (χ0v) is 8.66. The van der Waals surface area contributed by atoms with Gasteiger partial charge in [0.2, 0.25) is 5.91 Å². The summed E-state index contributed by atoms with van der Waals surface area (Å²) in [6.07, 6.45) is 3.83. The fourth-order valence-corrected chi connectivity index (χ4v) is 2.02. The van der Waals surface area contributed by atoms with E-state index in [2.05, 4.69) is 0 Å². The second kappa shape index (κ2) is 3.51. The summed E-state index contributed by atoms with van der Waals surface area (Å²) in [5.74, 6) is 0.444. The third-order valence-electron chi connectivity index (χ3n) is 3.20. The Morgan fingerprint density at radius 2 is 2.36 bits per heavy atom. The van der Waals surface area contributed by atoms with Gasteiger partial charge in [0.05, 0.1) is 13.0 Å². The monoisotopic (exact) mass is 198 g/mol. The summed E-state index contributed by atoms with van der Waals surface area (Å²) in [6, 6.07) is 0. The predicted octanol–water partition coefficient (Wildman–Crippen LogP) is 0.668. The molecule has 1 spiro atoms. The van der Waals surface area contributed by atoms with Gasteiger partial charge in [0.1, 0.15) is 5.60 Å². The van der Waals surface area contributed by atoms with Crippen molar-refractivity contribution in [2.45, 2.75) is 38.2 Å². The van der Waals surface area contributed by atoms with Crippen molar-refractivity contribution >= 4 is 5.91 Å². The minimum absolute atomic E-state index is 0.120. The Kier molecular flexibility index (Phi) is 2.49. The molecule has 1 saturated carbocycles. The van der Waals surface area contributed by atoms with E-state index >= 15 is 0 Å². The van der Waals surface area contributed by atoms with Gasteiger partial charge in [-0.25, -0.2) is 5.06 Å². The molecule has 0 radical (unpaired) electrons. The van der Waals surface area contributed by atoms with Crippen molar-refractivity contribution in [3.8, 4) is 0 Å². The number of nitrogens with two attached hydrogens (primary N) is 1. The molecule has 2 N–H and O–H groups in total. The molecule has 14 heavy (non-hydrogen) atoms. The highest BCUT2D eigenvalue weighted by molar-refractivity contribution is 5.78. The average molecular weight is 198 g/mol. The highest BCUT2D eigenvalue weighted by atomic mass is 16.7. The van der Waals surface area contributed by atoms with Crippen LogP contribution >= 0.6 is 0 Å². The van der Waals surface area contributed by atoms with Crippen molar-refractivity contribution < 1.29 is 9.63 Å². The zero-order valence-electron chi connectivity index (χ0n) is 8.66. The molecule has 4 heteroatoms. The summed E-state index contributed by atoms with van der Waals surface area (Å²) in [6.45, 7) is 3.26. The van der Waals surface area contributed by atoms with E-state index in [1.165, 1.54) is 11.5 Å². The van der Waals surface area contributed by atoms with Crippen molar-refractivity contribution in [2.75, 3.05) is 13.1 Å². The first kappa shape index (κ1) is 9.93. The van der Waals surface area contributed by atoms with Crippen LogP contribution in [0.4, 0.5) is 0 Å². The Morgan fingerprint density at radius 3 is 2.79 bits per heavy atom. The lowest BCUT2D eigenvalue weighted by Crippen LogP contribution is -2.39. The molecule has 1 unspecified atom stereocenters. The van der Waals surface area contributed by atoms with Crippen LogP contribution in [0, 0.1) is 5.92 Å². The maximum Gasteiger partial charge on any atom is 0.249 e. The van der Waals surface area contributed by atoms with E-state index in [9.17, 15) is 4.79 Å². The van der Waals surface area contributed by atoms with E-state index in [1.54, 1.807) is 0 Å². The SMILES string of the molecule is CC(CN)CN1OC2(CCC2)CC1=O. The molecule has 80 valence electrons. The Morgan fingerprint density at radius 1 is 1.64 bits per heavy atom. The molecule has 1 aliphatic carbocycles. The van der Waals surface area contributed by atoms with Gasteiger partial charge in [-0.1, -0.05) is 6.92 Å². The lowest BCUT2D eigenvalue weighted by Gasteiger charge is -2.36. The van der Waals surface area contributed by atoms with Gasteiger partial charge in [-0.15, -0.1) is 0 Å². The topological polar surface area (TPSA) is 55.6 Å². The maximum atomic E-state index is 11.6. The molecule has 0 bridgehead atoms. The molecule has 0 aromatic rings. The summed E-state index contributed by atoms with van der Waals surface area (Å²) in [4.78, 5) is 17.3. The number of carbonyl (C=O) groups excluding carboxylic acids is 1.